The average Bonchev–Trinajstić information content (AvgIpc) is 3.39. The Labute approximate surface area is 177 Å². The number of guanidine groups is 1. The molecule has 2 aliphatic rings. The molecule has 1 aliphatic heterocycles. The number of likely N-dealkylation sites (tertiary alicyclic amines) is 1. The molecule has 2 unspecified atom stereocenters. The van der Waals surface area contributed by atoms with Crippen LogP contribution in [0, 0.1) is 5.82 Å². The third-order valence-corrected chi connectivity index (χ3v) is 6.76. The standard InChI is InChI=1S/C20H30ClFN4O2S/c1-3-23-20(24-14-7-9-26(10-8-14)11-12-29(2,27)28)25-18-13-15(18)19-16(21)5-4-6-17(19)22/h4-6,14-15,18H,3,7-13H2,1-2H3,(H2,23,24,25). The minimum Gasteiger partial charge on any atom is -0.354 e. The number of sulfone groups is 1. The normalized spacial score (nSPS) is 23.8. The quantitative estimate of drug-likeness (QED) is 0.499. The Kier molecular flexibility index (Phi) is 7.40. The van der Waals surface area contributed by atoms with E-state index in [2.05, 4.69) is 20.5 Å². The van der Waals surface area contributed by atoms with Gasteiger partial charge in [0.2, 0.25) is 0 Å². The lowest BCUT2D eigenvalue weighted by atomic mass is 10.1. The number of nitrogens with zero attached hydrogens (tertiary/aromatic N) is 2. The third kappa shape index (κ3) is 6.55. The lowest BCUT2D eigenvalue weighted by molar-refractivity contribution is 0.216. The summed E-state index contributed by atoms with van der Waals surface area (Å²) in [6.45, 7) is 4.95. The van der Waals surface area contributed by atoms with Crippen LogP contribution >= 0.6 is 11.6 Å². The molecule has 0 spiro atoms. The maximum atomic E-state index is 14.1. The average molecular weight is 445 g/mol. The van der Waals surface area contributed by atoms with Gasteiger partial charge in [0.25, 0.3) is 0 Å². The van der Waals surface area contributed by atoms with E-state index in [1.807, 2.05) is 6.92 Å². The van der Waals surface area contributed by atoms with Gasteiger partial charge in [-0.05, 0) is 38.3 Å². The maximum Gasteiger partial charge on any atom is 0.191 e. The van der Waals surface area contributed by atoms with Crippen molar-refractivity contribution in [3.63, 3.8) is 0 Å². The number of nitrogens with one attached hydrogen (secondary N) is 2. The van der Waals surface area contributed by atoms with Crippen molar-refractivity contribution in [2.45, 2.75) is 44.2 Å². The second kappa shape index (κ2) is 9.62. The molecule has 1 heterocycles. The summed E-state index contributed by atoms with van der Waals surface area (Å²) >= 11 is 6.19. The number of hydrogen-bond acceptors (Lipinski definition) is 4. The van der Waals surface area contributed by atoms with E-state index in [4.69, 9.17) is 11.6 Å². The molecule has 1 saturated heterocycles. The van der Waals surface area contributed by atoms with Gasteiger partial charge in [-0.25, -0.2) is 12.8 Å². The van der Waals surface area contributed by atoms with E-state index >= 15 is 0 Å². The minimum absolute atomic E-state index is 0.0606. The molecule has 6 nitrogen and oxygen atoms in total. The maximum absolute atomic E-state index is 14.1. The van der Waals surface area contributed by atoms with Gasteiger partial charge in [0, 0.05) is 61.0 Å². The summed E-state index contributed by atoms with van der Waals surface area (Å²) in [6, 6.07) is 5.22. The van der Waals surface area contributed by atoms with Crippen molar-refractivity contribution in [3.05, 3.63) is 34.6 Å². The van der Waals surface area contributed by atoms with Crippen LogP contribution in [0.1, 0.15) is 37.7 Å². The molecular weight excluding hydrogens is 415 g/mol. The van der Waals surface area contributed by atoms with E-state index in [0.29, 0.717) is 23.7 Å². The Morgan fingerprint density at radius 3 is 2.66 bits per heavy atom. The lowest BCUT2D eigenvalue weighted by Crippen LogP contribution is -2.49. The second-order valence-electron chi connectivity index (χ2n) is 7.94. The van der Waals surface area contributed by atoms with Gasteiger partial charge in [0.1, 0.15) is 15.7 Å². The van der Waals surface area contributed by atoms with Crippen LogP contribution in [0.4, 0.5) is 4.39 Å². The molecule has 9 heteroatoms. The SMILES string of the molecule is CCN=C(NC1CCN(CCS(C)(=O)=O)CC1)NC1CC1c1c(F)cccc1Cl. The van der Waals surface area contributed by atoms with Crippen LogP contribution in [-0.2, 0) is 9.84 Å². The van der Waals surface area contributed by atoms with Crippen LogP contribution < -0.4 is 10.6 Å². The highest BCUT2D eigenvalue weighted by molar-refractivity contribution is 7.90. The van der Waals surface area contributed by atoms with Crippen molar-refractivity contribution in [2.24, 2.45) is 4.99 Å². The van der Waals surface area contributed by atoms with Crippen LogP contribution in [-0.4, -0.2) is 69.5 Å². The molecular formula is C20H30ClFN4O2S. The number of halogens is 2. The fraction of sp³-hybridized carbons (Fsp3) is 0.650. The number of rotatable bonds is 7. The molecule has 162 valence electrons. The monoisotopic (exact) mass is 444 g/mol. The van der Waals surface area contributed by atoms with E-state index in [1.165, 1.54) is 12.3 Å². The Morgan fingerprint density at radius 2 is 2.03 bits per heavy atom. The first kappa shape index (κ1) is 22.3. The Morgan fingerprint density at radius 1 is 1.31 bits per heavy atom. The van der Waals surface area contributed by atoms with Crippen molar-refractivity contribution < 1.29 is 12.8 Å². The fourth-order valence-electron chi connectivity index (χ4n) is 3.79. The summed E-state index contributed by atoms with van der Waals surface area (Å²) < 4.78 is 36.8. The number of piperidine rings is 1. The first-order valence-electron chi connectivity index (χ1n) is 10.2. The fourth-order valence-corrected chi connectivity index (χ4v) is 4.69. The van der Waals surface area contributed by atoms with Crippen LogP contribution in [0.5, 0.6) is 0 Å². The minimum atomic E-state index is -2.93. The summed E-state index contributed by atoms with van der Waals surface area (Å²) in [4.78, 5) is 6.73. The van der Waals surface area contributed by atoms with E-state index in [0.717, 1.165) is 38.3 Å². The van der Waals surface area contributed by atoms with Gasteiger partial charge < -0.3 is 15.5 Å². The summed E-state index contributed by atoms with van der Waals surface area (Å²) in [6.07, 6.45) is 3.97. The van der Waals surface area contributed by atoms with Gasteiger partial charge in [-0.15, -0.1) is 0 Å². The zero-order valence-corrected chi connectivity index (χ0v) is 18.6. The molecule has 1 saturated carbocycles. The van der Waals surface area contributed by atoms with Crippen molar-refractivity contribution >= 4 is 27.4 Å². The van der Waals surface area contributed by atoms with Crippen LogP contribution in [0.3, 0.4) is 0 Å². The predicted octanol–water partition coefficient (Wildman–Crippen LogP) is 2.40. The van der Waals surface area contributed by atoms with Gasteiger partial charge in [-0.3, -0.25) is 4.99 Å². The van der Waals surface area contributed by atoms with Crippen LogP contribution in [0.15, 0.2) is 23.2 Å². The van der Waals surface area contributed by atoms with Gasteiger partial charge in [-0.2, -0.15) is 0 Å². The number of benzene rings is 1. The topological polar surface area (TPSA) is 73.8 Å². The summed E-state index contributed by atoms with van der Waals surface area (Å²) in [7, 11) is -2.93. The van der Waals surface area contributed by atoms with Crippen LogP contribution in [0.25, 0.3) is 0 Å². The molecule has 0 amide bonds. The van der Waals surface area contributed by atoms with E-state index in [1.54, 1.807) is 12.1 Å². The largest absolute Gasteiger partial charge is 0.354 e. The van der Waals surface area contributed by atoms with Crippen molar-refractivity contribution in [2.75, 3.05) is 38.2 Å². The van der Waals surface area contributed by atoms with Crippen molar-refractivity contribution in [1.29, 1.82) is 0 Å². The van der Waals surface area contributed by atoms with Crippen LogP contribution in [0.2, 0.25) is 5.02 Å². The van der Waals surface area contributed by atoms with E-state index in [9.17, 15) is 12.8 Å². The molecule has 1 aromatic carbocycles. The Balaban J connectivity index is 1.49. The molecule has 2 atom stereocenters. The molecule has 2 N–H and O–H groups in total. The first-order chi connectivity index (χ1) is 13.8. The third-order valence-electron chi connectivity index (χ3n) is 5.51. The zero-order chi connectivity index (χ0) is 21.0. The highest BCUT2D eigenvalue weighted by atomic mass is 35.5. The molecule has 0 aromatic heterocycles. The first-order valence-corrected chi connectivity index (χ1v) is 12.6. The zero-order valence-electron chi connectivity index (χ0n) is 17.0. The number of hydrogen-bond donors (Lipinski definition) is 2. The summed E-state index contributed by atoms with van der Waals surface area (Å²) in [5.74, 6) is 0.763. The molecule has 2 fully saturated rings. The van der Waals surface area contributed by atoms with Gasteiger partial charge in [0.05, 0.1) is 5.75 Å². The smallest absolute Gasteiger partial charge is 0.191 e. The Bertz CT molecular complexity index is 821. The van der Waals surface area contributed by atoms with Gasteiger partial charge in [-0.1, -0.05) is 17.7 Å². The van der Waals surface area contributed by atoms with Crippen molar-refractivity contribution in [1.82, 2.24) is 15.5 Å². The predicted molar refractivity (Wildman–Crippen MR) is 116 cm³/mol. The molecule has 1 aromatic rings. The molecule has 3 rings (SSSR count). The highest BCUT2D eigenvalue weighted by Crippen LogP contribution is 2.44. The molecule has 0 bridgehead atoms. The summed E-state index contributed by atoms with van der Waals surface area (Å²) in [5.41, 5.74) is 0.585. The van der Waals surface area contributed by atoms with Gasteiger partial charge >= 0.3 is 0 Å². The molecule has 29 heavy (non-hydrogen) atoms. The number of aliphatic imine (C=N–C) groups is 1. The van der Waals surface area contributed by atoms with Crippen molar-refractivity contribution in [3.8, 4) is 0 Å². The summed E-state index contributed by atoms with van der Waals surface area (Å²) in [5, 5.41) is 7.38. The Hall–Kier alpha value is -1.38. The van der Waals surface area contributed by atoms with E-state index in [-0.39, 0.29) is 29.6 Å². The second-order valence-corrected chi connectivity index (χ2v) is 10.6. The lowest BCUT2D eigenvalue weighted by Gasteiger charge is -2.33. The molecule has 1 aliphatic carbocycles. The molecule has 0 radical (unpaired) electrons. The van der Waals surface area contributed by atoms with Gasteiger partial charge in [0.15, 0.2) is 5.96 Å². The van der Waals surface area contributed by atoms with E-state index < -0.39 is 9.84 Å². The highest BCUT2D eigenvalue weighted by Gasteiger charge is 2.42.